The second-order valence-corrected chi connectivity index (χ2v) is 3.13. The Kier molecular flexibility index (Phi) is 1.94. The van der Waals surface area contributed by atoms with Gasteiger partial charge in [0, 0.05) is 16.3 Å². The topological polar surface area (TPSA) is 54.7 Å². The predicted octanol–water partition coefficient (Wildman–Crippen LogP) is 2.31. The fourth-order valence-electron chi connectivity index (χ4n) is 1.16. The molecule has 0 fully saturated rings. The van der Waals surface area contributed by atoms with Gasteiger partial charge in [0.25, 0.3) is 0 Å². The zero-order chi connectivity index (χ0) is 9.26. The molecule has 0 unspecified atom stereocenters. The van der Waals surface area contributed by atoms with Crippen molar-refractivity contribution < 1.29 is 0 Å². The third-order valence-electron chi connectivity index (χ3n) is 1.80. The highest BCUT2D eigenvalue weighted by Gasteiger charge is 2.03. The number of rotatable bonds is 1. The number of imidazole rings is 1. The zero-order valence-corrected chi connectivity index (χ0v) is 7.55. The van der Waals surface area contributed by atoms with Crippen molar-refractivity contribution in [1.29, 1.82) is 0 Å². The van der Waals surface area contributed by atoms with E-state index in [9.17, 15) is 0 Å². The number of aromatic amines is 1. The first-order valence-corrected chi connectivity index (χ1v) is 4.19. The summed E-state index contributed by atoms with van der Waals surface area (Å²) in [6.45, 7) is 0. The summed E-state index contributed by atoms with van der Waals surface area (Å²) in [6, 6.07) is 5.35. The first-order chi connectivity index (χ1) is 6.27. The molecule has 0 atom stereocenters. The lowest BCUT2D eigenvalue weighted by molar-refractivity contribution is 1.31. The molecule has 1 aromatic carbocycles. The number of benzene rings is 1. The van der Waals surface area contributed by atoms with Crippen LogP contribution in [0.15, 0.2) is 30.7 Å². The Bertz CT molecular complexity index is 409. The molecule has 13 heavy (non-hydrogen) atoms. The largest absolute Gasteiger partial charge is 0.398 e. The Morgan fingerprint density at radius 3 is 2.92 bits per heavy atom. The van der Waals surface area contributed by atoms with Gasteiger partial charge in [-0.2, -0.15) is 0 Å². The Morgan fingerprint density at radius 1 is 1.38 bits per heavy atom. The van der Waals surface area contributed by atoms with E-state index in [1.165, 1.54) is 0 Å². The van der Waals surface area contributed by atoms with Crippen LogP contribution in [0.1, 0.15) is 0 Å². The molecule has 0 amide bonds. The first kappa shape index (κ1) is 8.13. The molecule has 0 spiro atoms. The molecule has 2 rings (SSSR count). The molecule has 0 bridgehead atoms. The predicted molar refractivity (Wildman–Crippen MR) is 53.4 cm³/mol. The molecule has 0 aliphatic rings. The first-order valence-electron chi connectivity index (χ1n) is 3.81. The molecule has 0 saturated carbocycles. The van der Waals surface area contributed by atoms with Crippen LogP contribution in [0.3, 0.4) is 0 Å². The SMILES string of the molecule is Nc1ccc(Cl)cc1-c1cnc[nH]1. The molecule has 4 heteroatoms. The maximum Gasteiger partial charge on any atom is 0.0924 e. The number of nitrogens with one attached hydrogen (secondary N) is 1. The van der Waals surface area contributed by atoms with Gasteiger partial charge in [0.1, 0.15) is 0 Å². The molecule has 0 saturated heterocycles. The summed E-state index contributed by atoms with van der Waals surface area (Å²) in [5.41, 5.74) is 8.22. The van der Waals surface area contributed by atoms with Crippen LogP contribution in [0.5, 0.6) is 0 Å². The molecular formula is C9H8ClN3. The van der Waals surface area contributed by atoms with Crippen LogP contribution in [0.25, 0.3) is 11.3 Å². The average molecular weight is 194 g/mol. The van der Waals surface area contributed by atoms with Gasteiger partial charge in [-0.25, -0.2) is 4.98 Å². The Balaban J connectivity index is 2.57. The average Bonchev–Trinajstić information content (AvgIpc) is 2.61. The van der Waals surface area contributed by atoms with Crippen LogP contribution in [-0.4, -0.2) is 9.97 Å². The molecule has 3 N–H and O–H groups in total. The van der Waals surface area contributed by atoms with E-state index in [1.54, 1.807) is 24.7 Å². The van der Waals surface area contributed by atoms with Crippen LogP contribution in [0.2, 0.25) is 5.02 Å². The van der Waals surface area contributed by atoms with E-state index in [1.807, 2.05) is 6.07 Å². The number of aromatic nitrogens is 2. The van der Waals surface area contributed by atoms with E-state index in [2.05, 4.69) is 9.97 Å². The fourth-order valence-corrected chi connectivity index (χ4v) is 1.34. The van der Waals surface area contributed by atoms with E-state index in [4.69, 9.17) is 17.3 Å². The quantitative estimate of drug-likeness (QED) is 0.683. The number of anilines is 1. The maximum absolute atomic E-state index is 5.84. The number of nitrogen functional groups attached to an aromatic ring is 1. The number of nitrogens with two attached hydrogens (primary N) is 1. The third kappa shape index (κ3) is 1.51. The van der Waals surface area contributed by atoms with Crippen molar-refractivity contribution in [3.05, 3.63) is 35.7 Å². The standard InChI is InChI=1S/C9H8ClN3/c10-6-1-2-8(11)7(3-6)9-4-12-5-13-9/h1-5H,11H2,(H,12,13). The van der Waals surface area contributed by atoms with Crippen LogP contribution < -0.4 is 5.73 Å². The lowest BCUT2D eigenvalue weighted by Crippen LogP contribution is -1.89. The molecule has 0 aliphatic carbocycles. The smallest absolute Gasteiger partial charge is 0.0924 e. The normalized spacial score (nSPS) is 10.2. The van der Waals surface area contributed by atoms with Crippen molar-refractivity contribution >= 4 is 17.3 Å². The van der Waals surface area contributed by atoms with Gasteiger partial charge in [-0.15, -0.1) is 0 Å². The lowest BCUT2D eigenvalue weighted by Gasteiger charge is -2.02. The van der Waals surface area contributed by atoms with Crippen molar-refractivity contribution in [2.45, 2.75) is 0 Å². The van der Waals surface area contributed by atoms with Gasteiger partial charge in [0.15, 0.2) is 0 Å². The minimum atomic E-state index is 0.666. The van der Waals surface area contributed by atoms with Gasteiger partial charge in [-0.05, 0) is 18.2 Å². The highest BCUT2D eigenvalue weighted by atomic mass is 35.5. The molecule has 3 nitrogen and oxygen atoms in total. The number of hydrogen-bond donors (Lipinski definition) is 2. The van der Waals surface area contributed by atoms with Crippen molar-refractivity contribution in [1.82, 2.24) is 9.97 Å². The van der Waals surface area contributed by atoms with Gasteiger partial charge < -0.3 is 10.7 Å². The molecule has 1 aromatic heterocycles. The number of nitrogens with zero attached hydrogens (tertiary/aromatic N) is 1. The van der Waals surface area contributed by atoms with Gasteiger partial charge >= 0.3 is 0 Å². The maximum atomic E-state index is 5.84. The van der Waals surface area contributed by atoms with Crippen LogP contribution >= 0.6 is 11.6 Å². The Labute approximate surface area is 80.6 Å². The third-order valence-corrected chi connectivity index (χ3v) is 2.04. The molecule has 0 aliphatic heterocycles. The van der Waals surface area contributed by atoms with Crippen molar-refractivity contribution in [3.8, 4) is 11.3 Å². The van der Waals surface area contributed by atoms with Crippen LogP contribution in [-0.2, 0) is 0 Å². The summed E-state index contributed by atoms with van der Waals surface area (Å²) in [5, 5.41) is 0.666. The lowest BCUT2D eigenvalue weighted by atomic mass is 10.1. The fraction of sp³-hybridized carbons (Fsp3) is 0. The van der Waals surface area contributed by atoms with Crippen molar-refractivity contribution in [2.75, 3.05) is 5.73 Å². The number of halogens is 1. The highest BCUT2D eigenvalue weighted by molar-refractivity contribution is 6.31. The summed E-state index contributed by atoms with van der Waals surface area (Å²) in [6.07, 6.45) is 3.32. The molecule has 66 valence electrons. The van der Waals surface area contributed by atoms with Gasteiger partial charge in [-0.1, -0.05) is 11.6 Å². The Morgan fingerprint density at radius 2 is 2.23 bits per heavy atom. The molecule has 2 aromatic rings. The van der Waals surface area contributed by atoms with E-state index in [0.29, 0.717) is 10.7 Å². The summed E-state index contributed by atoms with van der Waals surface area (Å²) in [4.78, 5) is 6.89. The van der Waals surface area contributed by atoms with Gasteiger partial charge in [0.05, 0.1) is 18.2 Å². The molecular weight excluding hydrogens is 186 g/mol. The van der Waals surface area contributed by atoms with E-state index >= 15 is 0 Å². The minimum Gasteiger partial charge on any atom is -0.398 e. The van der Waals surface area contributed by atoms with E-state index in [-0.39, 0.29) is 0 Å². The summed E-state index contributed by atoms with van der Waals surface area (Å²) < 4.78 is 0. The van der Waals surface area contributed by atoms with Gasteiger partial charge in [-0.3, -0.25) is 0 Å². The summed E-state index contributed by atoms with van der Waals surface area (Å²) >= 11 is 5.84. The molecule has 1 heterocycles. The monoisotopic (exact) mass is 193 g/mol. The number of hydrogen-bond acceptors (Lipinski definition) is 2. The van der Waals surface area contributed by atoms with Crippen molar-refractivity contribution in [2.24, 2.45) is 0 Å². The number of H-pyrrole nitrogens is 1. The highest BCUT2D eigenvalue weighted by Crippen LogP contribution is 2.26. The molecule has 0 radical (unpaired) electrons. The zero-order valence-electron chi connectivity index (χ0n) is 6.79. The summed E-state index contributed by atoms with van der Waals surface area (Å²) in [7, 11) is 0. The van der Waals surface area contributed by atoms with Gasteiger partial charge in [0.2, 0.25) is 0 Å². The van der Waals surface area contributed by atoms with E-state index < -0.39 is 0 Å². The summed E-state index contributed by atoms with van der Waals surface area (Å²) in [5.74, 6) is 0. The second kappa shape index (κ2) is 3.11. The van der Waals surface area contributed by atoms with Crippen molar-refractivity contribution in [3.63, 3.8) is 0 Å². The van der Waals surface area contributed by atoms with Crippen LogP contribution in [0, 0.1) is 0 Å². The second-order valence-electron chi connectivity index (χ2n) is 2.70. The van der Waals surface area contributed by atoms with E-state index in [0.717, 1.165) is 11.3 Å². The minimum absolute atomic E-state index is 0.666. The van der Waals surface area contributed by atoms with Crippen LogP contribution in [0.4, 0.5) is 5.69 Å². The Hall–Kier alpha value is -1.48.